The molecule has 1 aromatic rings. The van der Waals surface area contributed by atoms with Gasteiger partial charge < -0.3 is 4.74 Å². The van der Waals surface area contributed by atoms with Crippen LogP contribution in [0.4, 0.5) is 0 Å². The van der Waals surface area contributed by atoms with Crippen molar-refractivity contribution in [2.45, 2.75) is 44.2 Å². The molecule has 2 atom stereocenters. The van der Waals surface area contributed by atoms with E-state index in [9.17, 15) is 0 Å². The molecule has 4 heteroatoms. The zero-order valence-electron chi connectivity index (χ0n) is 11.2. The SMILES string of the molecule is Cn1cc([C@@H]2CCCN2C[C@H]2CCCCO2)cn1. The van der Waals surface area contributed by atoms with Crippen LogP contribution in [0.5, 0.6) is 0 Å². The van der Waals surface area contributed by atoms with Gasteiger partial charge in [0.05, 0.1) is 12.3 Å². The van der Waals surface area contributed by atoms with Crippen molar-refractivity contribution in [2.24, 2.45) is 7.05 Å². The van der Waals surface area contributed by atoms with Gasteiger partial charge in [-0.25, -0.2) is 0 Å². The number of hydrogen-bond donors (Lipinski definition) is 0. The van der Waals surface area contributed by atoms with Gasteiger partial charge in [-0.3, -0.25) is 9.58 Å². The van der Waals surface area contributed by atoms with Crippen LogP contribution in [0.3, 0.4) is 0 Å². The normalized spacial score (nSPS) is 29.8. The molecule has 0 radical (unpaired) electrons. The summed E-state index contributed by atoms with van der Waals surface area (Å²) < 4.78 is 7.77. The molecule has 2 fully saturated rings. The molecule has 100 valence electrons. The number of ether oxygens (including phenoxy) is 1. The number of aromatic nitrogens is 2. The highest BCUT2D eigenvalue weighted by molar-refractivity contribution is 5.12. The summed E-state index contributed by atoms with van der Waals surface area (Å²) in [6.07, 6.45) is 11.0. The number of aryl methyl sites for hydroxylation is 1. The standard InChI is InChI=1S/C14H23N3O/c1-16-10-12(9-15-16)14-6-4-7-17(14)11-13-5-2-3-8-18-13/h9-10,13-14H,2-8,11H2,1H3/t13-,14+/m1/s1. The van der Waals surface area contributed by atoms with Crippen LogP contribution in [-0.4, -0.2) is 40.5 Å². The Balaban J connectivity index is 1.63. The van der Waals surface area contributed by atoms with Crippen LogP contribution in [0.1, 0.15) is 43.7 Å². The van der Waals surface area contributed by atoms with Crippen molar-refractivity contribution >= 4 is 0 Å². The molecule has 3 heterocycles. The van der Waals surface area contributed by atoms with Crippen molar-refractivity contribution < 1.29 is 4.74 Å². The smallest absolute Gasteiger partial charge is 0.0702 e. The van der Waals surface area contributed by atoms with Gasteiger partial charge in [0.1, 0.15) is 0 Å². The van der Waals surface area contributed by atoms with Crippen molar-refractivity contribution in [1.29, 1.82) is 0 Å². The minimum Gasteiger partial charge on any atom is -0.377 e. The Morgan fingerprint density at radius 1 is 1.33 bits per heavy atom. The van der Waals surface area contributed by atoms with E-state index in [1.807, 2.05) is 17.9 Å². The van der Waals surface area contributed by atoms with E-state index in [4.69, 9.17) is 4.74 Å². The fraction of sp³-hybridized carbons (Fsp3) is 0.786. The Morgan fingerprint density at radius 3 is 3.00 bits per heavy atom. The molecule has 4 nitrogen and oxygen atoms in total. The number of rotatable bonds is 3. The van der Waals surface area contributed by atoms with Crippen LogP contribution in [-0.2, 0) is 11.8 Å². The Morgan fingerprint density at radius 2 is 2.28 bits per heavy atom. The first-order valence-corrected chi connectivity index (χ1v) is 7.17. The van der Waals surface area contributed by atoms with Gasteiger partial charge in [0, 0.05) is 38.0 Å². The van der Waals surface area contributed by atoms with Gasteiger partial charge in [-0.15, -0.1) is 0 Å². The maximum atomic E-state index is 5.87. The number of nitrogens with zero attached hydrogens (tertiary/aromatic N) is 3. The summed E-state index contributed by atoms with van der Waals surface area (Å²) in [4.78, 5) is 2.59. The molecule has 0 aliphatic carbocycles. The molecule has 0 unspecified atom stereocenters. The van der Waals surface area contributed by atoms with E-state index in [0.29, 0.717) is 12.1 Å². The largest absolute Gasteiger partial charge is 0.377 e. The maximum Gasteiger partial charge on any atom is 0.0702 e. The van der Waals surface area contributed by atoms with E-state index in [0.717, 1.165) is 13.2 Å². The first-order chi connectivity index (χ1) is 8.83. The summed E-state index contributed by atoms with van der Waals surface area (Å²) in [5, 5.41) is 4.30. The molecule has 2 aliphatic heterocycles. The van der Waals surface area contributed by atoms with Crippen LogP contribution in [0, 0.1) is 0 Å². The van der Waals surface area contributed by atoms with Crippen molar-refractivity contribution in [3.05, 3.63) is 18.0 Å². The van der Waals surface area contributed by atoms with E-state index in [2.05, 4.69) is 16.2 Å². The van der Waals surface area contributed by atoms with E-state index in [1.54, 1.807) is 0 Å². The van der Waals surface area contributed by atoms with Gasteiger partial charge in [0.15, 0.2) is 0 Å². The van der Waals surface area contributed by atoms with E-state index in [1.165, 1.54) is 44.2 Å². The van der Waals surface area contributed by atoms with Gasteiger partial charge in [0.2, 0.25) is 0 Å². The summed E-state index contributed by atoms with van der Waals surface area (Å²) in [6.45, 7) is 3.26. The zero-order valence-corrected chi connectivity index (χ0v) is 11.2. The third kappa shape index (κ3) is 2.59. The Bertz CT molecular complexity index is 384. The third-order valence-electron chi connectivity index (χ3n) is 4.19. The highest BCUT2D eigenvalue weighted by atomic mass is 16.5. The van der Waals surface area contributed by atoms with Gasteiger partial charge in [0.25, 0.3) is 0 Å². The fourth-order valence-corrected chi connectivity index (χ4v) is 3.25. The van der Waals surface area contributed by atoms with Crippen LogP contribution >= 0.6 is 0 Å². The highest BCUT2D eigenvalue weighted by Gasteiger charge is 2.29. The molecule has 3 rings (SSSR count). The third-order valence-corrected chi connectivity index (χ3v) is 4.19. The van der Waals surface area contributed by atoms with Gasteiger partial charge in [-0.2, -0.15) is 5.10 Å². The molecule has 0 amide bonds. The number of likely N-dealkylation sites (tertiary alicyclic amines) is 1. The molecule has 0 aromatic carbocycles. The van der Waals surface area contributed by atoms with Crippen molar-refractivity contribution in [2.75, 3.05) is 19.7 Å². The van der Waals surface area contributed by atoms with Crippen molar-refractivity contribution in [1.82, 2.24) is 14.7 Å². The van der Waals surface area contributed by atoms with Gasteiger partial charge in [-0.05, 0) is 38.6 Å². The molecular weight excluding hydrogens is 226 g/mol. The molecule has 0 saturated carbocycles. The molecule has 1 aromatic heterocycles. The van der Waals surface area contributed by atoms with Crippen LogP contribution in [0.15, 0.2) is 12.4 Å². The first-order valence-electron chi connectivity index (χ1n) is 7.17. The molecule has 0 bridgehead atoms. The van der Waals surface area contributed by atoms with E-state index < -0.39 is 0 Å². The average Bonchev–Trinajstić information content (AvgIpc) is 2.99. The predicted octanol–water partition coefficient (Wildman–Crippen LogP) is 2.13. The second kappa shape index (κ2) is 5.41. The molecule has 0 spiro atoms. The van der Waals surface area contributed by atoms with Crippen molar-refractivity contribution in [3.8, 4) is 0 Å². The average molecular weight is 249 g/mol. The first kappa shape index (κ1) is 12.2. The summed E-state index contributed by atoms with van der Waals surface area (Å²) >= 11 is 0. The number of hydrogen-bond acceptors (Lipinski definition) is 3. The summed E-state index contributed by atoms with van der Waals surface area (Å²) in [5.74, 6) is 0. The highest BCUT2D eigenvalue weighted by Crippen LogP contribution is 2.32. The van der Waals surface area contributed by atoms with Gasteiger partial charge in [-0.1, -0.05) is 0 Å². The zero-order chi connectivity index (χ0) is 12.4. The summed E-state index contributed by atoms with van der Waals surface area (Å²) in [6, 6.07) is 0.559. The molecule has 2 aliphatic rings. The second-order valence-corrected chi connectivity index (χ2v) is 5.59. The predicted molar refractivity (Wildman–Crippen MR) is 70.3 cm³/mol. The second-order valence-electron chi connectivity index (χ2n) is 5.59. The van der Waals surface area contributed by atoms with Crippen LogP contribution < -0.4 is 0 Å². The fourth-order valence-electron chi connectivity index (χ4n) is 3.25. The van der Waals surface area contributed by atoms with Crippen molar-refractivity contribution in [3.63, 3.8) is 0 Å². The van der Waals surface area contributed by atoms with Crippen LogP contribution in [0.2, 0.25) is 0 Å². The lowest BCUT2D eigenvalue weighted by molar-refractivity contribution is -0.00806. The monoisotopic (exact) mass is 249 g/mol. The molecule has 2 saturated heterocycles. The minimum atomic E-state index is 0.455. The lowest BCUT2D eigenvalue weighted by Crippen LogP contribution is -2.35. The van der Waals surface area contributed by atoms with Gasteiger partial charge >= 0.3 is 0 Å². The quantitative estimate of drug-likeness (QED) is 0.822. The maximum absolute atomic E-state index is 5.87. The summed E-state index contributed by atoms with van der Waals surface area (Å²) in [7, 11) is 1.99. The summed E-state index contributed by atoms with van der Waals surface area (Å²) in [5.41, 5.74) is 1.37. The topological polar surface area (TPSA) is 30.3 Å². The minimum absolute atomic E-state index is 0.455. The Hall–Kier alpha value is -0.870. The Labute approximate surface area is 109 Å². The van der Waals surface area contributed by atoms with E-state index >= 15 is 0 Å². The molecule has 0 N–H and O–H groups in total. The Kier molecular flexibility index (Phi) is 3.66. The lowest BCUT2D eigenvalue weighted by atomic mass is 10.1. The molecular formula is C14H23N3O. The lowest BCUT2D eigenvalue weighted by Gasteiger charge is -2.30. The van der Waals surface area contributed by atoms with Crippen LogP contribution in [0.25, 0.3) is 0 Å². The van der Waals surface area contributed by atoms with E-state index in [-0.39, 0.29) is 0 Å². The molecule has 18 heavy (non-hydrogen) atoms.